The minimum Gasteiger partial charge on any atom is -0.345 e. The summed E-state index contributed by atoms with van der Waals surface area (Å²) < 4.78 is 26.4. The van der Waals surface area contributed by atoms with E-state index in [2.05, 4.69) is 5.32 Å². The molecule has 1 heterocycles. The van der Waals surface area contributed by atoms with Crippen molar-refractivity contribution in [2.45, 2.75) is 6.42 Å². The van der Waals surface area contributed by atoms with Crippen molar-refractivity contribution < 1.29 is 18.4 Å². The zero-order valence-corrected chi connectivity index (χ0v) is 10.8. The van der Waals surface area contributed by atoms with Gasteiger partial charge in [-0.15, -0.1) is 0 Å². The normalized spacial score (nSPS) is 18.8. The Balaban J connectivity index is 2.14. The molecule has 0 aromatic heterocycles. The van der Waals surface area contributed by atoms with Crippen LogP contribution < -0.4 is 5.32 Å². The predicted molar refractivity (Wildman–Crippen MR) is 65.7 cm³/mol. The van der Waals surface area contributed by atoms with Crippen LogP contribution in [0.4, 0.5) is 14.5 Å². The van der Waals surface area contributed by atoms with Crippen LogP contribution in [0.15, 0.2) is 12.1 Å². The SMILES string of the molecule is CN1CC(C(=O)Nc2c(F)cc(F)cc2Cl)CC1=O. The number of carbonyl (C=O) groups excluding carboxylic acids is 2. The molecular formula is C12H11ClF2N2O2. The van der Waals surface area contributed by atoms with E-state index in [9.17, 15) is 18.4 Å². The fourth-order valence-electron chi connectivity index (χ4n) is 1.93. The Hall–Kier alpha value is -1.69. The van der Waals surface area contributed by atoms with Crippen molar-refractivity contribution in [3.63, 3.8) is 0 Å². The highest BCUT2D eigenvalue weighted by Crippen LogP contribution is 2.27. The first kappa shape index (κ1) is 13.7. The van der Waals surface area contributed by atoms with E-state index in [1.807, 2.05) is 0 Å². The van der Waals surface area contributed by atoms with Crippen molar-refractivity contribution in [1.82, 2.24) is 4.90 Å². The van der Waals surface area contributed by atoms with Crippen LogP contribution in [0, 0.1) is 17.6 Å². The number of nitrogens with zero attached hydrogens (tertiary/aromatic N) is 1. The fourth-order valence-corrected chi connectivity index (χ4v) is 2.17. The molecule has 1 N–H and O–H groups in total. The van der Waals surface area contributed by atoms with Gasteiger partial charge in [0.05, 0.1) is 16.6 Å². The van der Waals surface area contributed by atoms with E-state index in [1.165, 1.54) is 4.90 Å². The number of rotatable bonds is 2. The maximum atomic E-state index is 13.5. The molecule has 1 aliphatic heterocycles. The summed E-state index contributed by atoms with van der Waals surface area (Å²) in [7, 11) is 1.58. The molecule has 1 fully saturated rings. The summed E-state index contributed by atoms with van der Waals surface area (Å²) in [6.07, 6.45) is 0.0722. The van der Waals surface area contributed by atoms with E-state index < -0.39 is 23.5 Å². The third-order valence-corrected chi connectivity index (χ3v) is 3.26. The van der Waals surface area contributed by atoms with Gasteiger partial charge >= 0.3 is 0 Å². The molecule has 0 saturated carbocycles. The van der Waals surface area contributed by atoms with Crippen molar-refractivity contribution in [2.75, 3.05) is 18.9 Å². The molecule has 1 aromatic rings. The molecule has 0 spiro atoms. The van der Waals surface area contributed by atoms with E-state index in [0.29, 0.717) is 6.07 Å². The van der Waals surface area contributed by atoms with Gasteiger partial charge in [0.25, 0.3) is 0 Å². The first-order valence-electron chi connectivity index (χ1n) is 5.58. The van der Waals surface area contributed by atoms with Crippen LogP contribution in [0.2, 0.25) is 5.02 Å². The third kappa shape index (κ3) is 2.84. The minimum absolute atomic E-state index is 0.0722. The van der Waals surface area contributed by atoms with Crippen LogP contribution in [0.3, 0.4) is 0 Å². The lowest BCUT2D eigenvalue weighted by Gasteiger charge is -2.12. The quantitative estimate of drug-likeness (QED) is 0.905. The van der Waals surface area contributed by atoms with Crippen molar-refractivity contribution in [3.8, 4) is 0 Å². The largest absolute Gasteiger partial charge is 0.345 e. The second kappa shape index (κ2) is 5.13. The summed E-state index contributed by atoms with van der Waals surface area (Å²) in [4.78, 5) is 24.6. The predicted octanol–water partition coefficient (Wildman–Crippen LogP) is 2.03. The van der Waals surface area contributed by atoms with Crippen molar-refractivity contribution in [2.24, 2.45) is 5.92 Å². The van der Waals surface area contributed by atoms with Gasteiger partial charge in [0, 0.05) is 26.1 Å². The molecule has 19 heavy (non-hydrogen) atoms. The molecule has 1 aromatic carbocycles. The van der Waals surface area contributed by atoms with E-state index in [1.54, 1.807) is 7.05 Å². The Bertz CT molecular complexity index is 528. The minimum atomic E-state index is -0.948. The molecule has 0 aliphatic carbocycles. The van der Waals surface area contributed by atoms with Crippen LogP contribution in [0.1, 0.15) is 6.42 Å². The number of amides is 2. The van der Waals surface area contributed by atoms with Crippen molar-refractivity contribution in [3.05, 3.63) is 28.8 Å². The molecule has 7 heteroatoms. The van der Waals surface area contributed by atoms with Gasteiger partial charge in [-0.1, -0.05) is 11.6 Å². The molecule has 4 nitrogen and oxygen atoms in total. The number of hydrogen-bond acceptors (Lipinski definition) is 2. The highest BCUT2D eigenvalue weighted by molar-refractivity contribution is 6.33. The molecule has 1 unspecified atom stereocenters. The zero-order chi connectivity index (χ0) is 14.2. The molecule has 1 saturated heterocycles. The first-order valence-corrected chi connectivity index (χ1v) is 5.95. The van der Waals surface area contributed by atoms with Crippen LogP contribution in [-0.4, -0.2) is 30.3 Å². The van der Waals surface area contributed by atoms with E-state index >= 15 is 0 Å². The van der Waals surface area contributed by atoms with Gasteiger partial charge in [0.15, 0.2) is 5.82 Å². The summed E-state index contributed by atoms with van der Waals surface area (Å²) in [5.41, 5.74) is -0.268. The van der Waals surface area contributed by atoms with Crippen LogP contribution in [0.25, 0.3) is 0 Å². The van der Waals surface area contributed by atoms with Gasteiger partial charge < -0.3 is 10.2 Å². The number of nitrogens with one attached hydrogen (secondary N) is 1. The average Bonchev–Trinajstić information content (AvgIpc) is 2.64. The third-order valence-electron chi connectivity index (χ3n) is 2.97. The topological polar surface area (TPSA) is 49.4 Å². The molecule has 0 radical (unpaired) electrons. The van der Waals surface area contributed by atoms with Crippen LogP contribution in [-0.2, 0) is 9.59 Å². The number of benzene rings is 1. The summed E-state index contributed by atoms with van der Waals surface area (Å²) >= 11 is 5.67. The number of halogens is 3. The smallest absolute Gasteiger partial charge is 0.229 e. The Kier molecular flexibility index (Phi) is 3.71. The Labute approximate surface area is 113 Å². The highest BCUT2D eigenvalue weighted by atomic mass is 35.5. The lowest BCUT2D eigenvalue weighted by atomic mass is 10.1. The highest BCUT2D eigenvalue weighted by Gasteiger charge is 2.32. The van der Waals surface area contributed by atoms with Gasteiger partial charge in [-0.3, -0.25) is 9.59 Å². The molecular weight excluding hydrogens is 278 g/mol. The van der Waals surface area contributed by atoms with Gasteiger partial charge in [0.2, 0.25) is 11.8 Å². The van der Waals surface area contributed by atoms with Crippen molar-refractivity contribution in [1.29, 1.82) is 0 Å². The summed E-state index contributed by atoms with van der Waals surface area (Å²) in [5.74, 6) is -2.98. The standard InChI is InChI=1S/C12H11ClF2N2O2/c1-17-5-6(2-10(17)18)12(19)16-11-8(13)3-7(14)4-9(11)15/h3-4,6H,2,5H2,1H3,(H,16,19). The van der Waals surface area contributed by atoms with Gasteiger partial charge in [-0.05, 0) is 6.07 Å². The summed E-state index contributed by atoms with van der Waals surface area (Å²) in [5, 5.41) is 2.08. The Morgan fingerprint density at radius 1 is 1.47 bits per heavy atom. The lowest BCUT2D eigenvalue weighted by molar-refractivity contribution is -0.127. The van der Waals surface area contributed by atoms with Gasteiger partial charge in [-0.2, -0.15) is 0 Å². The number of hydrogen-bond donors (Lipinski definition) is 1. The average molecular weight is 289 g/mol. The van der Waals surface area contributed by atoms with E-state index in [0.717, 1.165) is 6.07 Å². The lowest BCUT2D eigenvalue weighted by Crippen LogP contribution is -2.26. The molecule has 2 rings (SSSR count). The number of carbonyl (C=O) groups is 2. The van der Waals surface area contributed by atoms with E-state index in [-0.39, 0.29) is 29.6 Å². The Morgan fingerprint density at radius 2 is 2.16 bits per heavy atom. The summed E-state index contributed by atoms with van der Waals surface area (Å²) in [6.45, 7) is 0.269. The van der Waals surface area contributed by atoms with Gasteiger partial charge in [-0.25, -0.2) is 8.78 Å². The maximum absolute atomic E-state index is 13.5. The van der Waals surface area contributed by atoms with E-state index in [4.69, 9.17) is 11.6 Å². The van der Waals surface area contributed by atoms with Crippen molar-refractivity contribution >= 4 is 29.1 Å². The fraction of sp³-hybridized carbons (Fsp3) is 0.333. The first-order chi connectivity index (χ1) is 8.88. The zero-order valence-electron chi connectivity index (χ0n) is 10.0. The molecule has 102 valence electrons. The second-order valence-corrected chi connectivity index (χ2v) is 4.82. The monoisotopic (exact) mass is 288 g/mol. The van der Waals surface area contributed by atoms with Crippen LogP contribution >= 0.6 is 11.6 Å². The van der Waals surface area contributed by atoms with Crippen LogP contribution in [0.5, 0.6) is 0 Å². The number of likely N-dealkylation sites (tertiary alicyclic amines) is 1. The van der Waals surface area contributed by atoms with Gasteiger partial charge in [0.1, 0.15) is 5.82 Å². The molecule has 1 atom stereocenters. The number of anilines is 1. The molecule has 2 amide bonds. The molecule has 1 aliphatic rings. The second-order valence-electron chi connectivity index (χ2n) is 4.41. The molecule has 0 bridgehead atoms. The maximum Gasteiger partial charge on any atom is 0.229 e. The Morgan fingerprint density at radius 3 is 2.68 bits per heavy atom. The summed E-state index contributed by atoms with van der Waals surface area (Å²) in [6, 6.07) is 1.54.